The van der Waals surface area contributed by atoms with Gasteiger partial charge < -0.3 is 0 Å². The third-order valence-electron chi connectivity index (χ3n) is 0.382. The van der Waals surface area contributed by atoms with Gasteiger partial charge in [0.2, 0.25) is 0 Å². The van der Waals surface area contributed by atoms with E-state index in [2.05, 4.69) is 25.6 Å². The van der Waals surface area contributed by atoms with E-state index in [0.717, 1.165) is 0 Å². The van der Waals surface area contributed by atoms with E-state index < -0.39 is 5.54 Å². The van der Waals surface area contributed by atoms with Gasteiger partial charge in [0.1, 0.15) is 0 Å². The van der Waals surface area contributed by atoms with E-state index >= 15 is 0 Å². The highest BCUT2D eigenvalue weighted by atomic mass is 14.8. The molecule has 6 heavy (non-hydrogen) atoms. The predicted octanol–water partition coefficient (Wildman–Crippen LogP) is 1.11. The molecule has 0 aromatic rings. The lowest BCUT2D eigenvalue weighted by atomic mass is 10.1. The van der Waals surface area contributed by atoms with Crippen LogP contribution in [0.2, 0.25) is 0 Å². The Morgan fingerprint density at radius 1 is 1.83 bits per heavy atom. The first-order valence-electron chi connectivity index (χ1n) is 1.75. The fraction of sp³-hybridized carbons (Fsp3) is 0.400. The van der Waals surface area contributed by atoms with Crippen molar-refractivity contribution in [3.63, 3.8) is 0 Å². The fourth-order valence-electron chi connectivity index (χ4n) is 0. The number of rotatable bonds is 1. The summed E-state index contributed by atoms with van der Waals surface area (Å²) in [7, 11) is 0. The molecule has 33 valence electrons. The highest BCUT2D eigenvalue weighted by Crippen LogP contribution is 2.00. The Balaban J connectivity index is 3.45. The summed E-state index contributed by atoms with van der Waals surface area (Å²) in [5, 5.41) is 0. The number of hydrogen-bond donors (Lipinski definition) is 0. The molecular weight excluding hydrogens is 74.1 g/mol. The summed E-state index contributed by atoms with van der Waals surface area (Å²) in [6, 6.07) is 0. The van der Waals surface area contributed by atoms with Crippen molar-refractivity contribution < 1.29 is 0 Å². The summed E-state index contributed by atoms with van der Waals surface area (Å²) in [4.78, 5) is 3.55. The first-order valence-corrected chi connectivity index (χ1v) is 1.75. The average Bonchev–Trinajstić information content (AvgIpc) is 1.35. The monoisotopic (exact) mass is 83.1 g/mol. The van der Waals surface area contributed by atoms with E-state index in [1.807, 2.05) is 0 Å². The molecule has 1 heteroatoms. The first kappa shape index (κ1) is 5.54. The van der Waals surface area contributed by atoms with Crippen LogP contribution in [0.25, 0.3) is 0 Å². The molecule has 0 heterocycles. The molecule has 0 aliphatic heterocycles. The Morgan fingerprint density at radius 3 is 2.00 bits per heavy atom. The Labute approximate surface area is 39.1 Å². The van der Waals surface area contributed by atoms with E-state index in [0.29, 0.717) is 0 Å². The number of nitrogens with zero attached hydrogens (tertiary/aromatic N) is 1. The van der Waals surface area contributed by atoms with Crippen molar-refractivity contribution in [1.82, 2.24) is 0 Å². The minimum Gasteiger partial charge on any atom is -0.250 e. The molecule has 0 fully saturated rings. The minimum absolute atomic E-state index is 0.444. The second-order valence-corrected chi connectivity index (χ2v) is 1.66. The summed E-state index contributed by atoms with van der Waals surface area (Å²) < 4.78 is 0. The van der Waals surface area contributed by atoms with Gasteiger partial charge in [-0.05, 0) is 6.72 Å². The first-order chi connectivity index (χ1) is 2.56. The predicted molar refractivity (Wildman–Crippen MR) is 28.7 cm³/mol. The number of aliphatic imine (C=N–C) groups is 1. The van der Waals surface area contributed by atoms with E-state index in [4.69, 9.17) is 0 Å². The van der Waals surface area contributed by atoms with Crippen molar-refractivity contribution in [2.75, 3.05) is 0 Å². The molecule has 0 unspecified atom stereocenters. The standard InChI is InChI=1S/C5H9N/c1-5(2,3)6-4/h1-2,4H2,3H3/q+1. The summed E-state index contributed by atoms with van der Waals surface area (Å²) in [5.74, 6) is 0. The Hall–Kier alpha value is -0.460. The van der Waals surface area contributed by atoms with E-state index in [1.54, 1.807) is 6.92 Å². The maximum Gasteiger partial charge on any atom is 0.191 e. The van der Waals surface area contributed by atoms with E-state index in [1.165, 1.54) is 0 Å². The smallest absolute Gasteiger partial charge is 0.191 e. The minimum atomic E-state index is -0.444. The lowest BCUT2D eigenvalue weighted by Gasteiger charge is -1.98. The van der Waals surface area contributed by atoms with Gasteiger partial charge in [-0.25, -0.2) is 4.99 Å². The van der Waals surface area contributed by atoms with Crippen LogP contribution >= 0.6 is 0 Å². The lowest BCUT2D eigenvalue weighted by Crippen LogP contribution is -2.08. The molecule has 1 radical (unpaired) electrons. The Kier molecular flexibility index (Phi) is 1.23. The Bertz CT molecular complexity index is 49.4. The van der Waals surface area contributed by atoms with Crippen LogP contribution in [-0.4, -0.2) is 12.3 Å². The van der Waals surface area contributed by atoms with Crippen molar-refractivity contribution in [2.45, 2.75) is 12.5 Å². The molecule has 1 nitrogen and oxygen atoms in total. The third-order valence-corrected chi connectivity index (χ3v) is 0.382. The van der Waals surface area contributed by atoms with Crippen molar-refractivity contribution in [3.05, 3.63) is 13.8 Å². The van der Waals surface area contributed by atoms with Crippen molar-refractivity contribution in [2.24, 2.45) is 4.99 Å². The SMILES string of the molecule is [CH2]C([CH2+])(C)N=C. The van der Waals surface area contributed by atoms with Gasteiger partial charge >= 0.3 is 0 Å². The van der Waals surface area contributed by atoms with E-state index in [9.17, 15) is 0 Å². The van der Waals surface area contributed by atoms with Gasteiger partial charge in [0, 0.05) is 13.8 Å². The van der Waals surface area contributed by atoms with Crippen LogP contribution in [0.1, 0.15) is 6.92 Å². The second-order valence-electron chi connectivity index (χ2n) is 1.66. The van der Waals surface area contributed by atoms with Crippen molar-refractivity contribution in [3.8, 4) is 0 Å². The molecule has 0 bridgehead atoms. The molecule has 0 saturated heterocycles. The van der Waals surface area contributed by atoms with E-state index in [-0.39, 0.29) is 0 Å². The number of hydrogen-bond acceptors (Lipinski definition) is 1. The van der Waals surface area contributed by atoms with Crippen LogP contribution in [0, 0.1) is 13.8 Å². The van der Waals surface area contributed by atoms with Crippen LogP contribution in [0.5, 0.6) is 0 Å². The normalized spacial score (nSPS) is 11.0. The largest absolute Gasteiger partial charge is 0.250 e. The van der Waals surface area contributed by atoms with Gasteiger partial charge in [0.05, 0.1) is 6.92 Å². The maximum atomic E-state index is 3.55. The summed E-state index contributed by atoms with van der Waals surface area (Å²) in [6.07, 6.45) is 0. The quantitative estimate of drug-likeness (QED) is 0.332. The fourth-order valence-corrected chi connectivity index (χ4v) is 0. The summed E-state index contributed by atoms with van der Waals surface area (Å²) in [6.45, 7) is 12.1. The van der Waals surface area contributed by atoms with Crippen LogP contribution in [0.3, 0.4) is 0 Å². The molecule has 0 aliphatic carbocycles. The van der Waals surface area contributed by atoms with Gasteiger partial charge in [0.25, 0.3) is 0 Å². The molecule has 0 spiro atoms. The summed E-state index contributed by atoms with van der Waals surface area (Å²) >= 11 is 0. The third kappa shape index (κ3) is 3.54. The topological polar surface area (TPSA) is 12.4 Å². The zero-order valence-electron chi connectivity index (χ0n) is 4.07. The molecule has 0 rings (SSSR count). The molecule has 0 amide bonds. The highest BCUT2D eigenvalue weighted by Gasteiger charge is 2.11. The molecule has 0 saturated carbocycles. The van der Waals surface area contributed by atoms with Gasteiger partial charge in [-0.1, -0.05) is 0 Å². The molecule has 0 atom stereocenters. The van der Waals surface area contributed by atoms with Crippen molar-refractivity contribution in [1.29, 1.82) is 0 Å². The lowest BCUT2D eigenvalue weighted by molar-refractivity contribution is 0.736. The van der Waals surface area contributed by atoms with Crippen LogP contribution in [-0.2, 0) is 0 Å². The molecule has 0 aromatic heterocycles. The van der Waals surface area contributed by atoms with Crippen LogP contribution in [0.4, 0.5) is 0 Å². The average molecular weight is 83.1 g/mol. The second kappa shape index (κ2) is 1.33. The molecule has 0 aromatic carbocycles. The maximum absolute atomic E-state index is 3.55. The summed E-state index contributed by atoms with van der Waals surface area (Å²) in [5.41, 5.74) is -0.444. The van der Waals surface area contributed by atoms with Crippen LogP contribution in [0.15, 0.2) is 4.99 Å². The van der Waals surface area contributed by atoms with Gasteiger partial charge in [-0.2, -0.15) is 0 Å². The Morgan fingerprint density at radius 2 is 2.00 bits per heavy atom. The molecular formula is C5H9N+. The zero-order valence-corrected chi connectivity index (χ0v) is 4.07. The van der Waals surface area contributed by atoms with Gasteiger partial charge in [-0.3, -0.25) is 0 Å². The molecule has 0 N–H and O–H groups in total. The van der Waals surface area contributed by atoms with Gasteiger partial charge in [-0.15, -0.1) is 0 Å². The molecule has 0 aliphatic rings. The van der Waals surface area contributed by atoms with Gasteiger partial charge in [0.15, 0.2) is 5.54 Å². The zero-order chi connectivity index (χ0) is 5.21. The highest BCUT2D eigenvalue weighted by molar-refractivity contribution is 5.26. The van der Waals surface area contributed by atoms with Crippen molar-refractivity contribution >= 4 is 6.72 Å². The van der Waals surface area contributed by atoms with Crippen LogP contribution < -0.4 is 0 Å².